The highest BCUT2D eigenvalue weighted by molar-refractivity contribution is 5.76. The van der Waals surface area contributed by atoms with E-state index in [4.69, 9.17) is 5.73 Å². The maximum Gasteiger partial charge on any atom is 0.220 e. The Balaban J connectivity index is 3.62. The maximum absolute atomic E-state index is 11.2. The second kappa shape index (κ2) is 8.05. The molecule has 0 aromatic rings. The number of carbonyl (C=O) groups excluding carboxylic acids is 1. The molecule has 0 aliphatic carbocycles. The summed E-state index contributed by atoms with van der Waals surface area (Å²) < 4.78 is 0. The van der Waals surface area contributed by atoms with Crippen molar-refractivity contribution in [1.82, 2.24) is 5.32 Å². The van der Waals surface area contributed by atoms with Crippen molar-refractivity contribution < 1.29 is 4.79 Å². The van der Waals surface area contributed by atoms with Crippen LogP contribution in [0.2, 0.25) is 0 Å². The molecule has 0 bridgehead atoms. The zero-order chi connectivity index (χ0) is 10.1. The van der Waals surface area contributed by atoms with Crippen LogP contribution >= 0.6 is 0 Å². The van der Waals surface area contributed by atoms with E-state index in [1.54, 1.807) is 0 Å². The van der Waals surface area contributed by atoms with Gasteiger partial charge in [-0.3, -0.25) is 4.79 Å². The van der Waals surface area contributed by atoms with Crippen LogP contribution in [0.3, 0.4) is 0 Å². The van der Waals surface area contributed by atoms with E-state index in [0.29, 0.717) is 13.0 Å². The fourth-order valence-corrected chi connectivity index (χ4v) is 1.23. The Morgan fingerprint density at radius 2 is 2.08 bits per heavy atom. The first-order valence-corrected chi connectivity index (χ1v) is 5.24. The molecule has 0 aliphatic rings. The molecule has 0 fully saturated rings. The molecule has 0 saturated carbocycles. The van der Waals surface area contributed by atoms with Gasteiger partial charge in [-0.1, -0.05) is 26.7 Å². The molecule has 0 radical (unpaired) electrons. The lowest BCUT2D eigenvalue weighted by Crippen LogP contribution is -2.39. The summed E-state index contributed by atoms with van der Waals surface area (Å²) in [6.07, 6.45) is 4.80. The first kappa shape index (κ1) is 12.4. The Morgan fingerprint density at radius 3 is 2.54 bits per heavy atom. The predicted octanol–water partition coefficient (Wildman–Crippen LogP) is 1.42. The van der Waals surface area contributed by atoms with Gasteiger partial charge in [-0.05, 0) is 12.8 Å². The van der Waals surface area contributed by atoms with Gasteiger partial charge in [-0.2, -0.15) is 0 Å². The van der Waals surface area contributed by atoms with E-state index in [1.807, 2.05) is 6.92 Å². The minimum atomic E-state index is 0.133. The van der Waals surface area contributed by atoms with Crippen molar-refractivity contribution in [3.63, 3.8) is 0 Å². The Kier molecular flexibility index (Phi) is 7.69. The fraction of sp³-hybridized carbons (Fsp3) is 0.900. The van der Waals surface area contributed by atoms with Gasteiger partial charge in [-0.25, -0.2) is 0 Å². The summed E-state index contributed by atoms with van der Waals surface area (Å²) in [7, 11) is 0. The smallest absolute Gasteiger partial charge is 0.220 e. The predicted molar refractivity (Wildman–Crippen MR) is 55.4 cm³/mol. The van der Waals surface area contributed by atoms with Gasteiger partial charge in [0.25, 0.3) is 0 Å². The SMILES string of the molecule is CCCCC(CN)NC(=O)CCC. The van der Waals surface area contributed by atoms with Gasteiger partial charge in [0.2, 0.25) is 5.91 Å². The van der Waals surface area contributed by atoms with Crippen LogP contribution in [0.15, 0.2) is 0 Å². The third-order valence-electron chi connectivity index (χ3n) is 2.03. The van der Waals surface area contributed by atoms with E-state index >= 15 is 0 Å². The Morgan fingerprint density at radius 1 is 1.38 bits per heavy atom. The fourth-order valence-electron chi connectivity index (χ4n) is 1.23. The molecular formula is C10H22N2O. The van der Waals surface area contributed by atoms with Gasteiger partial charge in [0, 0.05) is 19.0 Å². The van der Waals surface area contributed by atoms with E-state index in [2.05, 4.69) is 12.2 Å². The van der Waals surface area contributed by atoms with Crippen LogP contribution in [-0.4, -0.2) is 18.5 Å². The lowest BCUT2D eigenvalue weighted by Gasteiger charge is -2.15. The van der Waals surface area contributed by atoms with Crippen LogP contribution in [0.4, 0.5) is 0 Å². The summed E-state index contributed by atoms with van der Waals surface area (Å²) in [5.74, 6) is 0.133. The third kappa shape index (κ3) is 6.58. The molecule has 1 amide bonds. The third-order valence-corrected chi connectivity index (χ3v) is 2.03. The van der Waals surface area contributed by atoms with Gasteiger partial charge < -0.3 is 11.1 Å². The van der Waals surface area contributed by atoms with Crippen molar-refractivity contribution >= 4 is 5.91 Å². The highest BCUT2D eigenvalue weighted by Gasteiger charge is 2.08. The second-order valence-corrected chi connectivity index (χ2v) is 3.39. The molecule has 0 aliphatic heterocycles. The van der Waals surface area contributed by atoms with Crippen LogP contribution in [-0.2, 0) is 4.79 Å². The zero-order valence-corrected chi connectivity index (χ0v) is 8.81. The standard InChI is InChI=1S/C10H22N2O/c1-3-5-7-9(8-11)12-10(13)6-4-2/h9H,3-8,11H2,1-2H3,(H,12,13). The van der Waals surface area contributed by atoms with Crippen LogP contribution in [0, 0.1) is 0 Å². The van der Waals surface area contributed by atoms with Gasteiger partial charge in [0.1, 0.15) is 0 Å². The lowest BCUT2D eigenvalue weighted by atomic mass is 10.1. The van der Waals surface area contributed by atoms with Crippen molar-refractivity contribution in [2.75, 3.05) is 6.54 Å². The highest BCUT2D eigenvalue weighted by Crippen LogP contribution is 1.99. The molecule has 1 atom stereocenters. The summed E-state index contributed by atoms with van der Waals surface area (Å²) in [4.78, 5) is 11.2. The maximum atomic E-state index is 11.2. The van der Waals surface area contributed by atoms with Gasteiger partial charge in [0.05, 0.1) is 0 Å². The number of hydrogen-bond acceptors (Lipinski definition) is 2. The number of unbranched alkanes of at least 4 members (excludes halogenated alkanes) is 1. The molecule has 0 rings (SSSR count). The quantitative estimate of drug-likeness (QED) is 0.632. The number of rotatable bonds is 7. The molecule has 0 aromatic heterocycles. The molecule has 13 heavy (non-hydrogen) atoms. The molecule has 0 aromatic carbocycles. The van der Waals surface area contributed by atoms with Crippen molar-refractivity contribution in [1.29, 1.82) is 0 Å². The summed E-state index contributed by atoms with van der Waals surface area (Å²) in [6, 6.07) is 0.180. The van der Waals surface area contributed by atoms with Crippen molar-refractivity contribution in [3.8, 4) is 0 Å². The van der Waals surface area contributed by atoms with E-state index in [0.717, 1.165) is 25.7 Å². The summed E-state index contributed by atoms with van der Waals surface area (Å²) >= 11 is 0. The first-order valence-electron chi connectivity index (χ1n) is 5.24. The van der Waals surface area contributed by atoms with E-state index in [1.165, 1.54) is 0 Å². The van der Waals surface area contributed by atoms with Crippen LogP contribution < -0.4 is 11.1 Å². The number of hydrogen-bond donors (Lipinski definition) is 2. The van der Waals surface area contributed by atoms with Crippen molar-refractivity contribution in [3.05, 3.63) is 0 Å². The number of carbonyl (C=O) groups is 1. The molecule has 3 nitrogen and oxygen atoms in total. The normalized spacial score (nSPS) is 12.5. The van der Waals surface area contributed by atoms with Gasteiger partial charge >= 0.3 is 0 Å². The topological polar surface area (TPSA) is 55.1 Å². The van der Waals surface area contributed by atoms with Crippen LogP contribution in [0.1, 0.15) is 46.0 Å². The second-order valence-electron chi connectivity index (χ2n) is 3.39. The zero-order valence-electron chi connectivity index (χ0n) is 8.81. The number of nitrogens with one attached hydrogen (secondary N) is 1. The molecular weight excluding hydrogens is 164 g/mol. The van der Waals surface area contributed by atoms with E-state index in [-0.39, 0.29) is 11.9 Å². The minimum Gasteiger partial charge on any atom is -0.352 e. The molecule has 3 N–H and O–H groups in total. The first-order chi connectivity index (χ1) is 6.24. The average molecular weight is 186 g/mol. The Labute approximate surface area is 81.1 Å². The minimum absolute atomic E-state index is 0.133. The van der Waals surface area contributed by atoms with Gasteiger partial charge in [-0.15, -0.1) is 0 Å². The van der Waals surface area contributed by atoms with Crippen LogP contribution in [0.5, 0.6) is 0 Å². The molecule has 0 heterocycles. The lowest BCUT2D eigenvalue weighted by molar-refractivity contribution is -0.121. The Hall–Kier alpha value is -0.570. The average Bonchev–Trinajstić information content (AvgIpc) is 2.12. The molecule has 78 valence electrons. The Bertz CT molecular complexity index is 137. The molecule has 3 heteroatoms. The summed E-state index contributed by atoms with van der Waals surface area (Å²) in [5.41, 5.74) is 5.54. The van der Waals surface area contributed by atoms with E-state index < -0.39 is 0 Å². The molecule has 0 saturated heterocycles. The van der Waals surface area contributed by atoms with Crippen LogP contribution in [0.25, 0.3) is 0 Å². The number of nitrogens with two attached hydrogens (primary N) is 1. The van der Waals surface area contributed by atoms with Crippen molar-refractivity contribution in [2.24, 2.45) is 5.73 Å². The van der Waals surface area contributed by atoms with Crippen molar-refractivity contribution in [2.45, 2.75) is 52.0 Å². The summed E-state index contributed by atoms with van der Waals surface area (Å²) in [6.45, 7) is 4.69. The monoisotopic (exact) mass is 186 g/mol. The highest BCUT2D eigenvalue weighted by atomic mass is 16.1. The largest absolute Gasteiger partial charge is 0.352 e. The number of amides is 1. The molecule has 1 unspecified atom stereocenters. The molecule has 0 spiro atoms. The van der Waals surface area contributed by atoms with E-state index in [9.17, 15) is 4.79 Å². The van der Waals surface area contributed by atoms with Gasteiger partial charge in [0.15, 0.2) is 0 Å². The summed E-state index contributed by atoms with van der Waals surface area (Å²) in [5, 5.41) is 2.94.